The molecule has 2 heterocycles. The van der Waals surface area contributed by atoms with Gasteiger partial charge in [0.05, 0.1) is 11.8 Å². The number of ether oxygens (including phenoxy) is 2. The highest BCUT2D eigenvalue weighted by atomic mass is 32.2. The highest BCUT2D eigenvalue weighted by Crippen LogP contribution is 2.23. The molecule has 1 aromatic heterocycles. The molecule has 1 aliphatic heterocycles. The van der Waals surface area contributed by atoms with E-state index in [-0.39, 0.29) is 16.7 Å². The van der Waals surface area contributed by atoms with Crippen molar-refractivity contribution in [2.45, 2.75) is 23.8 Å². The number of sulfonamides is 1. The Morgan fingerprint density at radius 3 is 2.88 bits per heavy atom. The summed E-state index contributed by atoms with van der Waals surface area (Å²) in [5, 5.41) is 0. The van der Waals surface area contributed by atoms with Crippen LogP contribution in [0.2, 0.25) is 0 Å². The average Bonchev–Trinajstić information content (AvgIpc) is 3.22. The van der Waals surface area contributed by atoms with Crippen molar-refractivity contribution >= 4 is 21.6 Å². The molecule has 26 heavy (non-hydrogen) atoms. The van der Waals surface area contributed by atoms with Gasteiger partial charge < -0.3 is 19.8 Å². The molecule has 9 heteroatoms. The monoisotopic (exact) mass is 379 g/mol. The van der Waals surface area contributed by atoms with Crippen LogP contribution >= 0.6 is 0 Å². The molecule has 1 atom stereocenters. The lowest BCUT2D eigenvalue weighted by Gasteiger charge is -2.13. The Morgan fingerprint density at radius 1 is 1.42 bits per heavy atom. The van der Waals surface area contributed by atoms with Gasteiger partial charge in [-0.2, -0.15) is 0 Å². The van der Waals surface area contributed by atoms with Crippen LogP contribution in [-0.2, 0) is 21.8 Å². The van der Waals surface area contributed by atoms with E-state index >= 15 is 0 Å². The largest absolute Gasteiger partial charge is 0.491 e. The summed E-state index contributed by atoms with van der Waals surface area (Å²) in [6.07, 6.45) is 3.40. The van der Waals surface area contributed by atoms with E-state index in [1.165, 1.54) is 16.8 Å². The predicted molar refractivity (Wildman–Crippen MR) is 95.7 cm³/mol. The van der Waals surface area contributed by atoms with Crippen LogP contribution in [0.15, 0.2) is 41.4 Å². The second kappa shape index (κ2) is 7.38. The fourth-order valence-corrected chi connectivity index (χ4v) is 3.87. The SMILES string of the molecule is Cn1cc(S(=O)(=O)Nc2cccc(OCC3CCCO3)c2)cc1C(N)=O. The number of rotatable bonds is 7. The van der Waals surface area contributed by atoms with Crippen molar-refractivity contribution in [3.05, 3.63) is 42.2 Å². The fraction of sp³-hybridized carbons (Fsp3) is 0.353. The number of aromatic nitrogens is 1. The van der Waals surface area contributed by atoms with Gasteiger partial charge in [0.25, 0.3) is 15.9 Å². The van der Waals surface area contributed by atoms with Gasteiger partial charge in [-0.25, -0.2) is 8.42 Å². The van der Waals surface area contributed by atoms with E-state index in [2.05, 4.69) is 4.72 Å². The Labute approximate surface area is 151 Å². The number of aryl methyl sites for hydroxylation is 1. The molecule has 0 bridgehead atoms. The van der Waals surface area contributed by atoms with Gasteiger partial charge in [0.1, 0.15) is 22.9 Å². The van der Waals surface area contributed by atoms with Crippen molar-refractivity contribution in [1.29, 1.82) is 0 Å². The van der Waals surface area contributed by atoms with Crippen molar-refractivity contribution in [3.63, 3.8) is 0 Å². The molecule has 1 aliphatic rings. The predicted octanol–water partition coefficient (Wildman–Crippen LogP) is 1.48. The van der Waals surface area contributed by atoms with E-state index in [9.17, 15) is 13.2 Å². The Kier molecular flexibility index (Phi) is 5.19. The number of anilines is 1. The summed E-state index contributed by atoms with van der Waals surface area (Å²) in [6, 6.07) is 7.91. The van der Waals surface area contributed by atoms with Crippen molar-refractivity contribution in [2.75, 3.05) is 17.9 Å². The third kappa shape index (κ3) is 4.17. The fourth-order valence-electron chi connectivity index (χ4n) is 2.75. The van der Waals surface area contributed by atoms with E-state index in [0.717, 1.165) is 19.4 Å². The lowest BCUT2D eigenvalue weighted by Crippen LogP contribution is -2.16. The maximum atomic E-state index is 12.5. The number of carbonyl (C=O) groups excluding carboxylic acids is 1. The van der Waals surface area contributed by atoms with Crippen LogP contribution < -0.4 is 15.2 Å². The number of benzene rings is 1. The first-order valence-electron chi connectivity index (χ1n) is 8.18. The summed E-state index contributed by atoms with van der Waals surface area (Å²) in [5.41, 5.74) is 5.70. The summed E-state index contributed by atoms with van der Waals surface area (Å²) < 4.78 is 40.1. The minimum absolute atomic E-state index is 0.0422. The lowest BCUT2D eigenvalue weighted by atomic mass is 10.2. The average molecular weight is 379 g/mol. The lowest BCUT2D eigenvalue weighted by molar-refractivity contribution is 0.0680. The molecule has 1 amide bonds. The summed E-state index contributed by atoms with van der Waals surface area (Å²) in [5.74, 6) is -0.148. The number of hydrogen-bond acceptors (Lipinski definition) is 5. The molecule has 0 radical (unpaired) electrons. The zero-order valence-electron chi connectivity index (χ0n) is 14.3. The molecule has 1 fully saturated rings. The molecule has 1 unspecified atom stereocenters. The maximum Gasteiger partial charge on any atom is 0.265 e. The first kappa shape index (κ1) is 18.3. The van der Waals surface area contributed by atoms with Crippen molar-refractivity contribution in [2.24, 2.45) is 12.8 Å². The number of carbonyl (C=O) groups is 1. The first-order valence-corrected chi connectivity index (χ1v) is 9.67. The molecule has 3 rings (SSSR count). The molecular weight excluding hydrogens is 358 g/mol. The number of amides is 1. The van der Waals surface area contributed by atoms with Crippen LogP contribution in [0, 0.1) is 0 Å². The molecule has 0 aliphatic carbocycles. The molecule has 2 aromatic rings. The van der Waals surface area contributed by atoms with Gasteiger partial charge in [0.2, 0.25) is 0 Å². The molecule has 1 saturated heterocycles. The normalized spacial score (nSPS) is 17.2. The van der Waals surface area contributed by atoms with Crippen molar-refractivity contribution in [3.8, 4) is 5.75 Å². The summed E-state index contributed by atoms with van der Waals surface area (Å²) in [4.78, 5) is 11.3. The van der Waals surface area contributed by atoms with Gasteiger partial charge >= 0.3 is 0 Å². The third-order valence-electron chi connectivity index (χ3n) is 4.09. The molecule has 1 aromatic carbocycles. The van der Waals surface area contributed by atoms with Gasteiger partial charge in [-0.1, -0.05) is 6.07 Å². The van der Waals surface area contributed by atoms with Crippen LogP contribution in [0.4, 0.5) is 5.69 Å². The number of nitrogens with zero attached hydrogens (tertiary/aromatic N) is 1. The summed E-state index contributed by atoms with van der Waals surface area (Å²) in [7, 11) is -2.30. The van der Waals surface area contributed by atoms with Crippen LogP contribution in [-0.4, -0.2) is 38.2 Å². The molecular formula is C17H21N3O5S. The highest BCUT2D eigenvalue weighted by molar-refractivity contribution is 7.92. The van der Waals surface area contributed by atoms with Gasteiger partial charge in [0.15, 0.2) is 0 Å². The second-order valence-electron chi connectivity index (χ2n) is 6.12. The minimum Gasteiger partial charge on any atom is -0.491 e. The van der Waals surface area contributed by atoms with Gasteiger partial charge in [-0.05, 0) is 31.0 Å². The third-order valence-corrected chi connectivity index (χ3v) is 5.44. The number of primary amides is 1. The Hall–Kier alpha value is -2.52. The quantitative estimate of drug-likeness (QED) is 0.757. The Bertz CT molecular complexity index is 901. The standard InChI is InChI=1S/C17H21N3O5S/c1-20-10-15(9-16(20)17(18)21)26(22,23)19-12-4-2-5-13(8-12)25-11-14-6-3-7-24-14/h2,4-5,8-10,14,19H,3,6-7,11H2,1H3,(H2,18,21). The van der Waals surface area contributed by atoms with E-state index in [1.807, 2.05) is 0 Å². The van der Waals surface area contributed by atoms with E-state index < -0.39 is 15.9 Å². The smallest absolute Gasteiger partial charge is 0.265 e. The Morgan fingerprint density at radius 2 is 2.23 bits per heavy atom. The topological polar surface area (TPSA) is 113 Å². The molecule has 8 nitrogen and oxygen atoms in total. The number of hydrogen-bond donors (Lipinski definition) is 2. The van der Waals surface area contributed by atoms with Crippen LogP contribution in [0.5, 0.6) is 5.75 Å². The molecule has 3 N–H and O–H groups in total. The van der Waals surface area contributed by atoms with E-state index in [1.54, 1.807) is 31.3 Å². The van der Waals surface area contributed by atoms with Gasteiger partial charge in [-0.15, -0.1) is 0 Å². The van der Waals surface area contributed by atoms with Crippen molar-refractivity contribution < 1.29 is 22.7 Å². The second-order valence-corrected chi connectivity index (χ2v) is 7.80. The zero-order valence-corrected chi connectivity index (χ0v) is 15.2. The van der Waals surface area contributed by atoms with E-state index in [0.29, 0.717) is 18.0 Å². The summed E-state index contributed by atoms with van der Waals surface area (Å²) >= 11 is 0. The molecule has 0 spiro atoms. The van der Waals surface area contributed by atoms with Crippen LogP contribution in [0.1, 0.15) is 23.3 Å². The van der Waals surface area contributed by atoms with Crippen molar-refractivity contribution in [1.82, 2.24) is 4.57 Å². The first-order chi connectivity index (χ1) is 12.3. The molecule has 140 valence electrons. The highest BCUT2D eigenvalue weighted by Gasteiger charge is 2.20. The van der Waals surface area contributed by atoms with Gasteiger partial charge in [0, 0.05) is 25.9 Å². The van der Waals surface area contributed by atoms with Gasteiger partial charge in [-0.3, -0.25) is 9.52 Å². The maximum absolute atomic E-state index is 12.5. The number of nitrogens with two attached hydrogens (primary N) is 1. The van der Waals surface area contributed by atoms with Crippen LogP contribution in [0.25, 0.3) is 0 Å². The number of nitrogens with one attached hydrogen (secondary N) is 1. The molecule has 0 saturated carbocycles. The van der Waals surface area contributed by atoms with E-state index in [4.69, 9.17) is 15.2 Å². The Balaban J connectivity index is 1.72. The minimum atomic E-state index is -3.85. The zero-order chi connectivity index (χ0) is 18.7. The van der Waals surface area contributed by atoms with Crippen LogP contribution in [0.3, 0.4) is 0 Å². The summed E-state index contributed by atoms with van der Waals surface area (Å²) in [6.45, 7) is 1.18.